The van der Waals surface area contributed by atoms with Gasteiger partial charge < -0.3 is 10.2 Å². The molecule has 19 heavy (non-hydrogen) atoms. The molecule has 0 aromatic rings. The van der Waals surface area contributed by atoms with E-state index in [1.54, 1.807) is 0 Å². The van der Waals surface area contributed by atoms with Crippen molar-refractivity contribution < 1.29 is 8.42 Å². The molecule has 1 saturated carbocycles. The molecule has 1 saturated heterocycles. The summed E-state index contributed by atoms with van der Waals surface area (Å²) >= 11 is 0. The molecule has 0 radical (unpaired) electrons. The van der Waals surface area contributed by atoms with Crippen molar-refractivity contribution in [2.24, 2.45) is 0 Å². The average Bonchev–Trinajstić information content (AvgIpc) is 2.84. The van der Waals surface area contributed by atoms with Crippen LogP contribution in [0.1, 0.15) is 44.9 Å². The van der Waals surface area contributed by atoms with Crippen molar-refractivity contribution in [1.82, 2.24) is 10.2 Å². The molecular weight excluding hydrogens is 260 g/mol. The van der Waals surface area contributed by atoms with Gasteiger partial charge in [0.2, 0.25) is 0 Å². The maximum absolute atomic E-state index is 11.7. The van der Waals surface area contributed by atoms with Crippen molar-refractivity contribution in [3.05, 3.63) is 0 Å². The number of nitrogens with zero attached hydrogens (tertiary/aromatic N) is 1. The number of hydrogen-bond donors (Lipinski definition) is 1. The summed E-state index contributed by atoms with van der Waals surface area (Å²) in [5.74, 6) is 0. The second kappa shape index (κ2) is 7.04. The molecule has 2 rings (SSSR count). The minimum Gasteiger partial charge on any atom is -0.313 e. The normalized spacial score (nSPS) is 29.7. The van der Waals surface area contributed by atoms with Crippen molar-refractivity contribution in [3.63, 3.8) is 0 Å². The number of rotatable bonds is 6. The van der Waals surface area contributed by atoms with Crippen LogP contribution < -0.4 is 5.32 Å². The molecule has 5 heteroatoms. The number of likely N-dealkylation sites (tertiary alicyclic amines) is 1. The molecule has 0 bridgehead atoms. The number of nitrogens with one attached hydrogen (secondary N) is 1. The summed E-state index contributed by atoms with van der Waals surface area (Å²) in [5, 5.41) is 3.32. The highest BCUT2D eigenvalue weighted by molar-refractivity contribution is 7.91. The van der Waals surface area contributed by atoms with Gasteiger partial charge in [0, 0.05) is 12.3 Å². The molecular formula is C14H28N2O2S. The van der Waals surface area contributed by atoms with E-state index >= 15 is 0 Å². The highest BCUT2D eigenvalue weighted by Gasteiger charge is 2.34. The average molecular weight is 288 g/mol. The van der Waals surface area contributed by atoms with Gasteiger partial charge in [-0.1, -0.05) is 12.8 Å². The van der Waals surface area contributed by atoms with Gasteiger partial charge in [-0.05, 0) is 58.3 Å². The van der Waals surface area contributed by atoms with Crippen molar-refractivity contribution in [3.8, 4) is 0 Å². The van der Waals surface area contributed by atoms with Gasteiger partial charge in [-0.25, -0.2) is 8.42 Å². The highest BCUT2D eigenvalue weighted by Crippen LogP contribution is 2.24. The predicted molar refractivity (Wildman–Crippen MR) is 79.2 cm³/mol. The van der Waals surface area contributed by atoms with E-state index in [9.17, 15) is 8.42 Å². The molecule has 2 fully saturated rings. The summed E-state index contributed by atoms with van der Waals surface area (Å²) < 4.78 is 23.4. The zero-order chi connectivity index (χ0) is 13.7. The molecule has 1 aliphatic heterocycles. The minimum absolute atomic E-state index is 0.150. The Hall–Kier alpha value is -0.130. The van der Waals surface area contributed by atoms with Crippen LogP contribution in [0.3, 0.4) is 0 Å². The summed E-state index contributed by atoms with van der Waals surface area (Å²) in [6, 6.07) is 0.191. The molecule has 0 aromatic heterocycles. The Kier molecular flexibility index (Phi) is 5.66. The standard InChI is InChI=1S/C14H28N2O2S/c1-19(17,18)14-8-5-7-13(14)15-9-6-12-16-10-3-2-4-11-16/h13-15H,2-12H2,1H3. The summed E-state index contributed by atoms with van der Waals surface area (Å²) in [5.41, 5.74) is 0. The molecule has 0 amide bonds. The molecule has 1 aliphatic carbocycles. The fourth-order valence-corrected chi connectivity index (χ4v) is 4.87. The molecule has 112 valence electrons. The molecule has 2 aliphatic rings. The maximum Gasteiger partial charge on any atom is 0.151 e. The van der Waals surface area contributed by atoms with Gasteiger partial charge in [-0.15, -0.1) is 0 Å². The Bertz CT molecular complexity index is 364. The fourth-order valence-electron chi connectivity index (χ4n) is 3.45. The third-order valence-electron chi connectivity index (χ3n) is 4.51. The lowest BCUT2D eigenvalue weighted by molar-refractivity contribution is 0.225. The lowest BCUT2D eigenvalue weighted by Crippen LogP contribution is -2.41. The van der Waals surface area contributed by atoms with Crippen LogP contribution in [0, 0.1) is 0 Å². The van der Waals surface area contributed by atoms with E-state index in [1.165, 1.54) is 38.6 Å². The Morgan fingerprint density at radius 1 is 1.11 bits per heavy atom. The quantitative estimate of drug-likeness (QED) is 0.751. The number of sulfone groups is 1. The molecule has 4 nitrogen and oxygen atoms in total. The van der Waals surface area contributed by atoms with E-state index in [1.807, 2.05) is 0 Å². The third kappa shape index (κ3) is 4.72. The molecule has 2 atom stereocenters. The second-order valence-electron chi connectivity index (χ2n) is 6.12. The van der Waals surface area contributed by atoms with Crippen molar-refractivity contribution in [1.29, 1.82) is 0 Å². The van der Waals surface area contributed by atoms with Crippen LogP contribution in [0.5, 0.6) is 0 Å². The zero-order valence-corrected chi connectivity index (χ0v) is 12.9. The number of hydrogen-bond acceptors (Lipinski definition) is 4. The smallest absolute Gasteiger partial charge is 0.151 e. The van der Waals surface area contributed by atoms with Crippen LogP contribution in [-0.2, 0) is 9.84 Å². The van der Waals surface area contributed by atoms with Gasteiger partial charge in [0.05, 0.1) is 5.25 Å². The lowest BCUT2D eigenvalue weighted by atomic mass is 10.1. The van der Waals surface area contributed by atoms with Crippen LogP contribution >= 0.6 is 0 Å². The van der Waals surface area contributed by atoms with Gasteiger partial charge in [-0.2, -0.15) is 0 Å². The van der Waals surface area contributed by atoms with Gasteiger partial charge in [-0.3, -0.25) is 0 Å². The molecule has 0 aromatic carbocycles. The summed E-state index contributed by atoms with van der Waals surface area (Å²) in [4.78, 5) is 2.54. The second-order valence-corrected chi connectivity index (χ2v) is 8.38. The van der Waals surface area contributed by atoms with Gasteiger partial charge in [0.25, 0.3) is 0 Å². The van der Waals surface area contributed by atoms with Gasteiger partial charge in [0.15, 0.2) is 9.84 Å². The number of piperidine rings is 1. The first-order valence-electron chi connectivity index (χ1n) is 7.72. The van der Waals surface area contributed by atoms with Crippen LogP contribution in [-0.4, -0.2) is 57.0 Å². The fraction of sp³-hybridized carbons (Fsp3) is 1.00. The summed E-state index contributed by atoms with van der Waals surface area (Å²) in [6.07, 6.45) is 9.47. The monoisotopic (exact) mass is 288 g/mol. The molecule has 2 unspecified atom stereocenters. The Balaban J connectivity index is 1.65. The van der Waals surface area contributed by atoms with Crippen molar-refractivity contribution >= 4 is 9.84 Å². The summed E-state index contributed by atoms with van der Waals surface area (Å²) in [7, 11) is -2.88. The first-order chi connectivity index (χ1) is 9.07. The first-order valence-corrected chi connectivity index (χ1v) is 9.67. The van der Waals surface area contributed by atoms with Crippen LogP contribution in [0.15, 0.2) is 0 Å². The van der Waals surface area contributed by atoms with E-state index in [2.05, 4.69) is 10.2 Å². The highest BCUT2D eigenvalue weighted by atomic mass is 32.2. The SMILES string of the molecule is CS(=O)(=O)C1CCCC1NCCCN1CCCCC1. The van der Waals surface area contributed by atoms with Gasteiger partial charge >= 0.3 is 0 Å². The Morgan fingerprint density at radius 2 is 1.84 bits per heavy atom. The van der Waals surface area contributed by atoms with Crippen LogP contribution in [0.25, 0.3) is 0 Å². The van der Waals surface area contributed by atoms with Crippen molar-refractivity contribution in [2.75, 3.05) is 32.4 Å². The Morgan fingerprint density at radius 3 is 2.53 bits per heavy atom. The Labute approximate surface area is 117 Å². The van der Waals surface area contributed by atoms with Crippen LogP contribution in [0.2, 0.25) is 0 Å². The maximum atomic E-state index is 11.7. The predicted octanol–water partition coefficient (Wildman–Crippen LogP) is 1.42. The molecule has 1 heterocycles. The van der Waals surface area contributed by atoms with E-state index in [-0.39, 0.29) is 11.3 Å². The van der Waals surface area contributed by atoms with Crippen molar-refractivity contribution in [2.45, 2.75) is 56.2 Å². The molecule has 0 spiro atoms. The molecule has 1 N–H and O–H groups in total. The first kappa shape index (κ1) is 15.3. The van der Waals surface area contributed by atoms with E-state index in [0.717, 1.165) is 38.8 Å². The van der Waals surface area contributed by atoms with E-state index in [4.69, 9.17) is 0 Å². The largest absolute Gasteiger partial charge is 0.313 e. The van der Waals surface area contributed by atoms with E-state index < -0.39 is 9.84 Å². The third-order valence-corrected chi connectivity index (χ3v) is 6.17. The van der Waals surface area contributed by atoms with E-state index in [0.29, 0.717) is 0 Å². The minimum atomic E-state index is -2.88. The van der Waals surface area contributed by atoms with Gasteiger partial charge in [0.1, 0.15) is 0 Å². The van der Waals surface area contributed by atoms with Crippen LogP contribution in [0.4, 0.5) is 0 Å². The lowest BCUT2D eigenvalue weighted by Gasteiger charge is -2.27. The zero-order valence-electron chi connectivity index (χ0n) is 12.1. The topological polar surface area (TPSA) is 49.4 Å². The summed E-state index contributed by atoms with van der Waals surface area (Å²) in [6.45, 7) is 4.60.